The highest BCUT2D eigenvalue weighted by atomic mass is 35.5. The Morgan fingerprint density at radius 1 is 1.30 bits per heavy atom. The zero-order chi connectivity index (χ0) is 15.2. The maximum absolute atomic E-state index is 11.8. The minimum absolute atomic E-state index is 0. The molecule has 0 saturated heterocycles. The molecule has 0 aliphatic heterocycles. The molecule has 0 bridgehead atoms. The fourth-order valence-electron chi connectivity index (χ4n) is 1.85. The molecule has 23 heavy (non-hydrogen) atoms. The number of halogens is 2. The number of hydrogen-bond donors (Lipinski definition) is 2. The smallest absolute Gasteiger partial charge is 0.246 e. The van der Waals surface area contributed by atoms with E-state index in [9.17, 15) is 4.79 Å². The van der Waals surface area contributed by atoms with E-state index in [-0.39, 0.29) is 37.3 Å². The standard InChI is InChI=1S/C14H19N5O2.2ClH/c1-9(2)7-11(15)14(20)17-8-12-18-13(19-21-12)10-3-5-16-6-4-10;;/h3-6,9,11H,7-8,15H2,1-2H3,(H,17,20);2*1H/t11-;;/m0../s1. The molecule has 2 aromatic heterocycles. The van der Waals surface area contributed by atoms with Crippen molar-refractivity contribution in [2.24, 2.45) is 11.7 Å². The van der Waals surface area contributed by atoms with E-state index in [2.05, 4.69) is 20.4 Å². The Morgan fingerprint density at radius 3 is 2.57 bits per heavy atom. The zero-order valence-electron chi connectivity index (χ0n) is 12.9. The lowest BCUT2D eigenvalue weighted by molar-refractivity contribution is -0.123. The zero-order valence-corrected chi connectivity index (χ0v) is 14.6. The maximum Gasteiger partial charge on any atom is 0.246 e. The second-order valence-corrected chi connectivity index (χ2v) is 5.20. The van der Waals surface area contributed by atoms with Gasteiger partial charge in [0.15, 0.2) is 0 Å². The summed E-state index contributed by atoms with van der Waals surface area (Å²) in [7, 11) is 0. The van der Waals surface area contributed by atoms with E-state index in [1.165, 1.54) is 0 Å². The molecule has 0 aromatic carbocycles. The predicted octanol–water partition coefficient (Wildman–Crippen LogP) is 1.96. The molecule has 9 heteroatoms. The van der Waals surface area contributed by atoms with E-state index in [0.29, 0.717) is 24.1 Å². The Morgan fingerprint density at radius 2 is 1.96 bits per heavy atom. The van der Waals surface area contributed by atoms with E-state index in [4.69, 9.17) is 10.3 Å². The van der Waals surface area contributed by atoms with Crippen LogP contribution in [0.15, 0.2) is 29.0 Å². The van der Waals surface area contributed by atoms with Crippen molar-refractivity contribution in [3.63, 3.8) is 0 Å². The van der Waals surface area contributed by atoms with Crippen LogP contribution in [0.3, 0.4) is 0 Å². The number of nitrogens with one attached hydrogen (secondary N) is 1. The van der Waals surface area contributed by atoms with Gasteiger partial charge < -0.3 is 15.6 Å². The van der Waals surface area contributed by atoms with E-state index in [1.807, 2.05) is 13.8 Å². The van der Waals surface area contributed by atoms with Crippen LogP contribution in [0.1, 0.15) is 26.2 Å². The molecule has 0 fully saturated rings. The van der Waals surface area contributed by atoms with Crippen molar-refractivity contribution in [3.05, 3.63) is 30.4 Å². The first-order valence-electron chi connectivity index (χ1n) is 6.82. The average molecular weight is 362 g/mol. The third-order valence-electron chi connectivity index (χ3n) is 2.88. The van der Waals surface area contributed by atoms with Crippen molar-refractivity contribution in [1.82, 2.24) is 20.4 Å². The quantitative estimate of drug-likeness (QED) is 0.814. The van der Waals surface area contributed by atoms with E-state index in [1.54, 1.807) is 24.5 Å². The lowest BCUT2D eigenvalue weighted by Gasteiger charge is -2.12. The highest BCUT2D eigenvalue weighted by Gasteiger charge is 2.16. The van der Waals surface area contributed by atoms with Crippen LogP contribution in [0.25, 0.3) is 11.4 Å². The molecule has 7 nitrogen and oxygen atoms in total. The fraction of sp³-hybridized carbons (Fsp3) is 0.429. The van der Waals surface area contributed by atoms with Crippen LogP contribution in [0.4, 0.5) is 0 Å². The van der Waals surface area contributed by atoms with Crippen molar-refractivity contribution in [2.75, 3.05) is 0 Å². The maximum atomic E-state index is 11.8. The van der Waals surface area contributed by atoms with Crippen LogP contribution >= 0.6 is 24.8 Å². The third kappa shape index (κ3) is 6.52. The molecule has 128 valence electrons. The van der Waals surface area contributed by atoms with Gasteiger partial charge in [0.1, 0.15) is 0 Å². The molecule has 0 unspecified atom stereocenters. The van der Waals surface area contributed by atoms with E-state index >= 15 is 0 Å². The molecule has 0 aliphatic rings. The summed E-state index contributed by atoms with van der Waals surface area (Å²) >= 11 is 0. The molecular weight excluding hydrogens is 341 g/mol. The number of nitrogens with zero attached hydrogens (tertiary/aromatic N) is 3. The fourth-order valence-corrected chi connectivity index (χ4v) is 1.85. The van der Waals surface area contributed by atoms with Crippen molar-refractivity contribution in [2.45, 2.75) is 32.9 Å². The number of aromatic nitrogens is 3. The summed E-state index contributed by atoms with van der Waals surface area (Å²) in [5, 5.41) is 6.56. The molecule has 0 radical (unpaired) electrons. The summed E-state index contributed by atoms with van der Waals surface area (Å²) in [5.41, 5.74) is 6.60. The summed E-state index contributed by atoms with van der Waals surface area (Å²) in [6.45, 7) is 4.21. The first-order valence-corrected chi connectivity index (χ1v) is 6.82. The Balaban J connectivity index is 0.00000242. The average Bonchev–Trinajstić information content (AvgIpc) is 2.94. The molecule has 3 N–H and O–H groups in total. The van der Waals surface area contributed by atoms with E-state index < -0.39 is 6.04 Å². The first kappa shape index (κ1) is 21.3. The molecule has 2 heterocycles. The normalized spacial score (nSPS) is 11.3. The number of carbonyl (C=O) groups excluding carboxylic acids is 1. The molecule has 1 atom stereocenters. The Bertz CT molecular complexity index is 592. The highest BCUT2D eigenvalue weighted by molar-refractivity contribution is 5.85. The van der Waals surface area contributed by atoms with Gasteiger partial charge >= 0.3 is 0 Å². The van der Waals surface area contributed by atoms with Gasteiger partial charge in [-0.25, -0.2) is 0 Å². The van der Waals surface area contributed by atoms with Gasteiger partial charge in [0.25, 0.3) is 0 Å². The van der Waals surface area contributed by atoms with Gasteiger partial charge in [-0.05, 0) is 24.5 Å². The van der Waals surface area contributed by atoms with Gasteiger partial charge in [-0.15, -0.1) is 24.8 Å². The van der Waals surface area contributed by atoms with Crippen LogP contribution < -0.4 is 11.1 Å². The number of carbonyl (C=O) groups is 1. The largest absolute Gasteiger partial charge is 0.346 e. The molecule has 1 amide bonds. The molecular formula is C14H21Cl2N5O2. The van der Waals surface area contributed by atoms with Gasteiger partial charge in [-0.2, -0.15) is 4.98 Å². The van der Waals surface area contributed by atoms with Gasteiger partial charge in [-0.3, -0.25) is 9.78 Å². The van der Waals surface area contributed by atoms with Crippen LogP contribution in [0, 0.1) is 5.92 Å². The van der Waals surface area contributed by atoms with Gasteiger partial charge in [0.05, 0.1) is 12.6 Å². The van der Waals surface area contributed by atoms with Crippen molar-refractivity contribution < 1.29 is 9.32 Å². The van der Waals surface area contributed by atoms with Crippen molar-refractivity contribution >= 4 is 30.7 Å². The number of rotatable bonds is 6. The first-order chi connectivity index (χ1) is 10.1. The summed E-state index contributed by atoms with van der Waals surface area (Å²) in [5.74, 6) is 0.958. The molecule has 0 spiro atoms. The summed E-state index contributed by atoms with van der Waals surface area (Å²) in [6.07, 6.45) is 3.94. The molecule has 2 aromatic rings. The number of hydrogen-bond acceptors (Lipinski definition) is 6. The topological polar surface area (TPSA) is 107 Å². The Hall–Kier alpha value is -1.70. The van der Waals surface area contributed by atoms with Gasteiger partial charge in [0.2, 0.25) is 17.6 Å². The Labute approximate surface area is 147 Å². The van der Waals surface area contributed by atoms with E-state index in [0.717, 1.165) is 5.56 Å². The number of nitrogens with two attached hydrogens (primary N) is 1. The Kier molecular flexibility index (Phi) is 9.40. The lowest BCUT2D eigenvalue weighted by atomic mass is 10.0. The second kappa shape index (κ2) is 10.1. The SMILES string of the molecule is CC(C)C[C@H](N)C(=O)NCc1nc(-c2ccncc2)no1.Cl.Cl. The third-order valence-corrected chi connectivity index (χ3v) is 2.88. The summed E-state index contributed by atoms with van der Waals surface area (Å²) < 4.78 is 5.09. The van der Waals surface area contributed by atoms with Crippen LogP contribution in [0.2, 0.25) is 0 Å². The van der Waals surface area contributed by atoms with Gasteiger partial charge in [0, 0.05) is 18.0 Å². The van der Waals surface area contributed by atoms with Crippen molar-refractivity contribution in [1.29, 1.82) is 0 Å². The van der Waals surface area contributed by atoms with Crippen LogP contribution in [-0.2, 0) is 11.3 Å². The van der Waals surface area contributed by atoms with Crippen molar-refractivity contribution in [3.8, 4) is 11.4 Å². The monoisotopic (exact) mass is 361 g/mol. The minimum atomic E-state index is -0.521. The van der Waals surface area contributed by atoms with Gasteiger partial charge in [-0.1, -0.05) is 19.0 Å². The minimum Gasteiger partial charge on any atom is -0.346 e. The molecule has 0 aliphatic carbocycles. The lowest BCUT2D eigenvalue weighted by Crippen LogP contribution is -2.41. The summed E-state index contributed by atoms with van der Waals surface area (Å²) in [4.78, 5) is 19.9. The second-order valence-electron chi connectivity index (χ2n) is 5.20. The predicted molar refractivity (Wildman–Crippen MR) is 91.3 cm³/mol. The highest BCUT2D eigenvalue weighted by Crippen LogP contribution is 2.13. The van der Waals surface area contributed by atoms with Crippen LogP contribution in [-0.4, -0.2) is 27.1 Å². The number of pyridine rings is 1. The van der Waals surface area contributed by atoms with Crippen LogP contribution in [0.5, 0.6) is 0 Å². The molecule has 0 saturated carbocycles. The summed E-state index contributed by atoms with van der Waals surface area (Å²) in [6, 6.07) is 3.05. The molecule has 2 rings (SSSR count). The number of amides is 1.